The summed E-state index contributed by atoms with van der Waals surface area (Å²) < 4.78 is 0. The van der Waals surface area contributed by atoms with Gasteiger partial charge in [-0.05, 0) is 24.3 Å². The molecule has 1 aliphatic heterocycles. The van der Waals surface area contributed by atoms with E-state index < -0.39 is 0 Å². The van der Waals surface area contributed by atoms with E-state index in [1.165, 1.54) is 19.4 Å². The Morgan fingerprint density at radius 3 is 2.43 bits per heavy atom. The van der Waals surface area contributed by atoms with Crippen molar-refractivity contribution < 1.29 is 4.79 Å². The maximum Gasteiger partial charge on any atom is 0.224 e. The third-order valence-electron chi connectivity index (χ3n) is 4.56. The van der Waals surface area contributed by atoms with Gasteiger partial charge in [-0.1, -0.05) is 30.3 Å². The Morgan fingerprint density at radius 2 is 1.81 bits per heavy atom. The number of hydrogen-bond acceptors (Lipinski definition) is 3. The highest BCUT2D eigenvalue weighted by atomic mass is 16.2. The van der Waals surface area contributed by atoms with E-state index in [0.29, 0.717) is 6.42 Å². The number of carbonyl (C=O) groups is 1. The van der Waals surface area contributed by atoms with Crippen molar-refractivity contribution in [2.45, 2.75) is 25.3 Å². The molecule has 4 heteroatoms. The van der Waals surface area contributed by atoms with Gasteiger partial charge in [0.05, 0.1) is 0 Å². The van der Waals surface area contributed by atoms with Crippen LogP contribution in [0.5, 0.6) is 0 Å². The summed E-state index contributed by atoms with van der Waals surface area (Å²) in [7, 11) is 0. The number of piperazine rings is 1. The third kappa shape index (κ3) is 4.05. The van der Waals surface area contributed by atoms with Crippen molar-refractivity contribution in [3.05, 3.63) is 35.9 Å². The van der Waals surface area contributed by atoms with Crippen LogP contribution in [0.2, 0.25) is 0 Å². The van der Waals surface area contributed by atoms with Crippen LogP contribution < -0.4 is 5.73 Å². The van der Waals surface area contributed by atoms with E-state index in [0.717, 1.165) is 37.7 Å². The number of benzene rings is 1. The Morgan fingerprint density at radius 1 is 1.14 bits per heavy atom. The summed E-state index contributed by atoms with van der Waals surface area (Å²) >= 11 is 0. The summed E-state index contributed by atoms with van der Waals surface area (Å²) in [6.45, 7) is 4.97. The van der Waals surface area contributed by atoms with Gasteiger partial charge in [0, 0.05) is 45.2 Å². The largest absolute Gasteiger partial charge is 0.340 e. The summed E-state index contributed by atoms with van der Waals surface area (Å²) in [5, 5.41) is 0. The van der Waals surface area contributed by atoms with E-state index in [-0.39, 0.29) is 11.9 Å². The first kappa shape index (κ1) is 14.5. The van der Waals surface area contributed by atoms with Crippen LogP contribution in [0.1, 0.15) is 30.9 Å². The Hall–Kier alpha value is -1.39. The molecule has 1 heterocycles. The van der Waals surface area contributed by atoms with E-state index in [1.807, 2.05) is 35.2 Å². The lowest BCUT2D eigenvalue weighted by Gasteiger charge is -2.35. The molecule has 1 atom stereocenters. The summed E-state index contributed by atoms with van der Waals surface area (Å²) in [4.78, 5) is 16.8. The molecule has 4 nitrogen and oxygen atoms in total. The van der Waals surface area contributed by atoms with Crippen molar-refractivity contribution in [1.82, 2.24) is 9.80 Å². The first-order valence-corrected chi connectivity index (χ1v) is 8.03. The Bertz CT molecular complexity index is 464. The van der Waals surface area contributed by atoms with Crippen molar-refractivity contribution in [3.63, 3.8) is 0 Å². The van der Waals surface area contributed by atoms with Crippen molar-refractivity contribution >= 4 is 5.91 Å². The van der Waals surface area contributed by atoms with Crippen LogP contribution in [0.15, 0.2) is 30.3 Å². The molecule has 114 valence electrons. The van der Waals surface area contributed by atoms with E-state index in [9.17, 15) is 4.79 Å². The van der Waals surface area contributed by atoms with E-state index in [2.05, 4.69) is 4.90 Å². The van der Waals surface area contributed by atoms with Gasteiger partial charge in [0.2, 0.25) is 5.91 Å². The average Bonchev–Trinajstić information content (AvgIpc) is 3.33. The van der Waals surface area contributed by atoms with Crippen LogP contribution >= 0.6 is 0 Å². The van der Waals surface area contributed by atoms with Gasteiger partial charge in [-0.3, -0.25) is 9.69 Å². The first-order valence-electron chi connectivity index (χ1n) is 8.03. The summed E-state index contributed by atoms with van der Waals surface area (Å²) in [6, 6.07) is 9.70. The number of nitrogens with two attached hydrogens (primary N) is 1. The lowest BCUT2D eigenvalue weighted by Crippen LogP contribution is -2.49. The molecule has 0 radical (unpaired) electrons. The second-order valence-corrected chi connectivity index (χ2v) is 6.35. The predicted molar refractivity (Wildman–Crippen MR) is 83.7 cm³/mol. The zero-order chi connectivity index (χ0) is 14.7. The topological polar surface area (TPSA) is 49.6 Å². The molecular formula is C17H25N3O. The molecule has 3 rings (SSSR count). The fourth-order valence-corrected chi connectivity index (χ4v) is 2.98. The molecule has 1 saturated carbocycles. The minimum Gasteiger partial charge on any atom is -0.340 e. The van der Waals surface area contributed by atoms with Crippen molar-refractivity contribution in [2.75, 3.05) is 32.7 Å². The van der Waals surface area contributed by atoms with Crippen LogP contribution in [0, 0.1) is 5.92 Å². The van der Waals surface area contributed by atoms with Crippen LogP contribution in [0.4, 0.5) is 0 Å². The minimum atomic E-state index is -0.191. The molecule has 2 N–H and O–H groups in total. The number of nitrogens with zero attached hydrogens (tertiary/aromatic N) is 2. The highest BCUT2D eigenvalue weighted by Crippen LogP contribution is 2.30. The molecule has 1 saturated heterocycles. The number of hydrogen-bond donors (Lipinski definition) is 1. The zero-order valence-corrected chi connectivity index (χ0v) is 12.6. The van der Waals surface area contributed by atoms with E-state index in [4.69, 9.17) is 5.73 Å². The maximum atomic E-state index is 12.4. The molecule has 1 unspecified atom stereocenters. The first-order chi connectivity index (χ1) is 10.2. The van der Waals surface area contributed by atoms with E-state index in [1.54, 1.807) is 0 Å². The van der Waals surface area contributed by atoms with Gasteiger partial charge >= 0.3 is 0 Å². The molecular weight excluding hydrogens is 262 g/mol. The predicted octanol–water partition coefficient (Wildman–Crippen LogP) is 1.63. The quantitative estimate of drug-likeness (QED) is 0.895. The molecule has 0 aromatic heterocycles. The third-order valence-corrected chi connectivity index (χ3v) is 4.56. The lowest BCUT2D eigenvalue weighted by molar-refractivity contribution is -0.133. The summed E-state index contributed by atoms with van der Waals surface area (Å²) in [5.74, 6) is 1.12. The molecule has 0 bridgehead atoms. The standard InChI is InChI=1S/C17H25N3O/c18-16(15-4-2-1-3-5-15)12-17(21)20-10-8-19(9-11-20)13-14-6-7-14/h1-5,14,16H,6-13,18H2. The van der Waals surface area contributed by atoms with Crippen LogP contribution in [0.3, 0.4) is 0 Å². The smallest absolute Gasteiger partial charge is 0.224 e. The molecule has 2 aliphatic rings. The normalized spacial score (nSPS) is 21.3. The number of rotatable bonds is 5. The van der Waals surface area contributed by atoms with Gasteiger partial charge in [-0.25, -0.2) is 0 Å². The zero-order valence-electron chi connectivity index (χ0n) is 12.6. The summed E-state index contributed by atoms with van der Waals surface area (Å²) in [5.41, 5.74) is 7.19. The molecule has 1 aliphatic carbocycles. The highest BCUT2D eigenvalue weighted by Gasteiger charge is 2.28. The van der Waals surface area contributed by atoms with Gasteiger partial charge in [0.25, 0.3) is 0 Å². The van der Waals surface area contributed by atoms with Gasteiger partial charge in [-0.15, -0.1) is 0 Å². The fraction of sp³-hybridized carbons (Fsp3) is 0.588. The molecule has 0 spiro atoms. The number of carbonyl (C=O) groups excluding carboxylic acids is 1. The van der Waals surface area contributed by atoms with Crippen molar-refractivity contribution in [1.29, 1.82) is 0 Å². The van der Waals surface area contributed by atoms with Crippen LogP contribution in [-0.4, -0.2) is 48.4 Å². The number of amides is 1. The Labute approximate surface area is 126 Å². The Kier molecular flexibility index (Phi) is 4.56. The maximum absolute atomic E-state index is 12.4. The van der Waals surface area contributed by atoms with Gasteiger partial charge in [0.1, 0.15) is 0 Å². The molecule has 21 heavy (non-hydrogen) atoms. The lowest BCUT2D eigenvalue weighted by atomic mass is 10.0. The van der Waals surface area contributed by atoms with Crippen LogP contribution in [0.25, 0.3) is 0 Å². The average molecular weight is 287 g/mol. The van der Waals surface area contributed by atoms with Gasteiger partial charge in [0.15, 0.2) is 0 Å². The highest BCUT2D eigenvalue weighted by molar-refractivity contribution is 5.77. The van der Waals surface area contributed by atoms with Crippen LogP contribution in [-0.2, 0) is 4.79 Å². The second kappa shape index (κ2) is 6.58. The second-order valence-electron chi connectivity index (χ2n) is 6.35. The molecule has 1 aromatic carbocycles. The molecule has 1 aromatic rings. The Balaban J connectivity index is 1.45. The molecule has 2 fully saturated rings. The molecule has 1 amide bonds. The van der Waals surface area contributed by atoms with E-state index >= 15 is 0 Å². The van der Waals surface area contributed by atoms with Gasteiger partial charge in [-0.2, -0.15) is 0 Å². The summed E-state index contributed by atoms with van der Waals surface area (Å²) in [6.07, 6.45) is 3.20. The van der Waals surface area contributed by atoms with Crippen molar-refractivity contribution in [2.24, 2.45) is 11.7 Å². The fourth-order valence-electron chi connectivity index (χ4n) is 2.98. The minimum absolute atomic E-state index is 0.191. The SMILES string of the molecule is NC(CC(=O)N1CCN(CC2CC2)CC1)c1ccccc1. The van der Waals surface area contributed by atoms with Gasteiger partial charge < -0.3 is 10.6 Å². The van der Waals surface area contributed by atoms with Crippen molar-refractivity contribution in [3.8, 4) is 0 Å². The monoisotopic (exact) mass is 287 g/mol.